The zero-order chi connectivity index (χ0) is 20.9. The number of nitrogens with one attached hydrogen (secondary N) is 1. The van der Waals surface area contributed by atoms with Gasteiger partial charge < -0.3 is 9.31 Å². The van der Waals surface area contributed by atoms with Crippen molar-refractivity contribution >= 4 is 39.9 Å². The molecule has 28 heavy (non-hydrogen) atoms. The lowest BCUT2D eigenvalue weighted by Crippen LogP contribution is -2.41. The number of hydrogen-bond acceptors (Lipinski definition) is 5. The number of halogens is 2. The number of nitrogens with zero attached hydrogens (tertiary/aromatic N) is 1. The van der Waals surface area contributed by atoms with E-state index in [4.69, 9.17) is 20.9 Å². The molecule has 0 bridgehead atoms. The van der Waals surface area contributed by atoms with Gasteiger partial charge in [-0.15, -0.1) is 0 Å². The second-order valence-corrected chi connectivity index (χ2v) is 9.76. The average Bonchev–Trinajstić information content (AvgIpc) is 2.77. The third-order valence-corrected chi connectivity index (χ3v) is 6.70. The highest BCUT2D eigenvalue weighted by atomic mass is 35.5. The van der Waals surface area contributed by atoms with Gasteiger partial charge in [0.2, 0.25) is 0 Å². The number of hydrogen-bond donors (Lipinski definition) is 1. The summed E-state index contributed by atoms with van der Waals surface area (Å²) in [6.45, 7) is 9.32. The van der Waals surface area contributed by atoms with Gasteiger partial charge in [0.05, 0.1) is 22.6 Å². The summed E-state index contributed by atoms with van der Waals surface area (Å²) >= 11 is 5.70. The second-order valence-electron chi connectivity index (χ2n) is 7.67. The van der Waals surface area contributed by atoms with Crippen molar-refractivity contribution in [1.29, 1.82) is 0 Å². The van der Waals surface area contributed by atoms with Gasteiger partial charge in [-0.05, 0) is 58.9 Å². The molecule has 0 spiro atoms. The van der Waals surface area contributed by atoms with Crippen LogP contribution in [0.5, 0.6) is 0 Å². The average molecular weight is 427 g/mol. The molecule has 0 aliphatic carbocycles. The van der Waals surface area contributed by atoms with E-state index in [1.165, 1.54) is 6.07 Å². The van der Waals surface area contributed by atoms with Crippen molar-refractivity contribution in [1.82, 2.24) is 4.98 Å². The molecule has 2 aromatic rings. The van der Waals surface area contributed by atoms with Gasteiger partial charge in [0.25, 0.3) is 10.0 Å². The zero-order valence-corrected chi connectivity index (χ0v) is 17.8. The highest BCUT2D eigenvalue weighted by Gasteiger charge is 2.51. The van der Waals surface area contributed by atoms with Crippen molar-refractivity contribution < 1.29 is 22.1 Å². The molecule has 2 heterocycles. The van der Waals surface area contributed by atoms with Gasteiger partial charge >= 0.3 is 7.12 Å². The molecule has 10 heteroatoms. The number of anilines is 1. The van der Waals surface area contributed by atoms with Crippen molar-refractivity contribution in [2.24, 2.45) is 0 Å². The first-order valence-electron chi connectivity index (χ1n) is 8.62. The van der Waals surface area contributed by atoms with E-state index in [2.05, 4.69) is 9.71 Å². The van der Waals surface area contributed by atoms with Gasteiger partial charge in [0.15, 0.2) is 0 Å². The summed E-state index contributed by atoms with van der Waals surface area (Å²) in [6, 6.07) is 4.95. The Balaban J connectivity index is 1.93. The third kappa shape index (κ3) is 3.89. The van der Waals surface area contributed by atoms with Crippen LogP contribution in [-0.2, 0) is 19.3 Å². The molecule has 1 saturated heterocycles. The van der Waals surface area contributed by atoms with Crippen LogP contribution in [0.15, 0.2) is 35.4 Å². The molecule has 0 amide bonds. The Kier molecular flexibility index (Phi) is 5.25. The fourth-order valence-electron chi connectivity index (χ4n) is 2.65. The molecule has 1 aromatic heterocycles. The molecular weight excluding hydrogens is 406 g/mol. The summed E-state index contributed by atoms with van der Waals surface area (Å²) in [4.78, 5) is 3.73. The number of sulfonamides is 1. The van der Waals surface area contributed by atoms with E-state index >= 15 is 0 Å². The third-order valence-electron chi connectivity index (χ3n) is 5.06. The summed E-state index contributed by atoms with van der Waals surface area (Å²) in [7, 11) is -4.87. The Morgan fingerprint density at radius 1 is 1.14 bits per heavy atom. The van der Waals surface area contributed by atoms with Crippen molar-refractivity contribution in [3.05, 3.63) is 47.0 Å². The minimum Gasteiger partial charge on any atom is -0.399 e. The van der Waals surface area contributed by atoms with Crippen LogP contribution in [0.3, 0.4) is 0 Å². The van der Waals surface area contributed by atoms with Crippen LogP contribution in [0.4, 0.5) is 10.1 Å². The normalized spacial score (nSPS) is 18.3. The van der Waals surface area contributed by atoms with Crippen LogP contribution in [0.1, 0.15) is 33.4 Å². The predicted octanol–water partition coefficient (Wildman–Crippen LogP) is 3.28. The molecule has 3 rings (SSSR count). The van der Waals surface area contributed by atoms with E-state index in [1.807, 2.05) is 27.7 Å². The quantitative estimate of drug-likeness (QED) is 0.759. The van der Waals surface area contributed by atoms with Crippen LogP contribution in [0.2, 0.25) is 5.02 Å². The number of benzene rings is 1. The Morgan fingerprint density at radius 3 is 2.32 bits per heavy atom. The Bertz CT molecular complexity index is 1010. The summed E-state index contributed by atoms with van der Waals surface area (Å²) in [5, 5.41) is 0.108. The number of aromatic nitrogens is 1. The minimum atomic E-state index is -4.17. The molecule has 1 N–H and O–H groups in total. The highest BCUT2D eigenvalue weighted by Crippen LogP contribution is 2.36. The van der Waals surface area contributed by atoms with Crippen molar-refractivity contribution in [3.8, 4) is 0 Å². The van der Waals surface area contributed by atoms with Gasteiger partial charge in [-0.3, -0.25) is 9.71 Å². The van der Waals surface area contributed by atoms with Gasteiger partial charge in [-0.1, -0.05) is 11.6 Å². The maximum absolute atomic E-state index is 14.1. The van der Waals surface area contributed by atoms with Crippen LogP contribution in [-0.4, -0.2) is 31.7 Å². The molecule has 6 nitrogen and oxygen atoms in total. The van der Waals surface area contributed by atoms with E-state index in [9.17, 15) is 12.8 Å². The maximum atomic E-state index is 14.1. The molecule has 0 radical (unpaired) electrons. The van der Waals surface area contributed by atoms with Crippen molar-refractivity contribution in [3.63, 3.8) is 0 Å². The Labute approximate surface area is 169 Å². The summed E-state index contributed by atoms with van der Waals surface area (Å²) in [5.41, 5.74) is 0.0989. The first-order valence-corrected chi connectivity index (χ1v) is 10.5. The van der Waals surface area contributed by atoms with E-state index in [-0.39, 0.29) is 10.7 Å². The van der Waals surface area contributed by atoms with Crippen LogP contribution in [0, 0.1) is 12.7 Å². The minimum absolute atomic E-state index is 0.108. The number of rotatable bonds is 4. The smallest absolute Gasteiger partial charge is 0.399 e. The van der Waals surface area contributed by atoms with Gasteiger partial charge in [-0.25, -0.2) is 12.8 Å². The number of aryl methyl sites for hydroxylation is 1. The summed E-state index contributed by atoms with van der Waals surface area (Å²) in [5.74, 6) is -0.937. The first-order chi connectivity index (χ1) is 12.8. The monoisotopic (exact) mass is 426 g/mol. The Morgan fingerprint density at radius 2 is 1.75 bits per heavy atom. The fourth-order valence-corrected chi connectivity index (χ4v) is 3.98. The summed E-state index contributed by atoms with van der Waals surface area (Å²) in [6.07, 6.45) is 1.57. The zero-order valence-electron chi connectivity index (χ0n) is 16.2. The largest absolute Gasteiger partial charge is 0.496 e. The topological polar surface area (TPSA) is 77.5 Å². The highest BCUT2D eigenvalue weighted by molar-refractivity contribution is 7.92. The molecule has 1 fully saturated rings. The second kappa shape index (κ2) is 6.98. The molecule has 0 unspecified atom stereocenters. The van der Waals surface area contributed by atoms with Gasteiger partial charge in [0, 0.05) is 16.7 Å². The molecule has 1 aliphatic heterocycles. The molecular formula is C18H21BClFN2O4S. The van der Waals surface area contributed by atoms with E-state index in [0.717, 1.165) is 12.1 Å². The molecule has 0 saturated carbocycles. The summed E-state index contributed by atoms with van der Waals surface area (Å²) < 4.78 is 53.7. The lowest BCUT2D eigenvalue weighted by atomic mass is 9.80. The fraction of sp³-hybridized carbons (Fsp3) is 0.389. The molecule has 1 aliphatic rings. The number of pyridine rings is 1. The van der Waals surface area contributed by atoms with Gasteiger partial charge in [0.1, 0.15) is 10.7 Å². The van der Waals surface area contributed by atoms with Crippen molar-refractivity contribution in [2.75, 3.05) is 4.72 Å². The first kappa shape index (κ1) is 21.0. The molecule has 1 aromatic carbocycles. The van der Waals surface area contributed by atoms with Crippen LogP contribution in [0.25, 0.3) is 0 Å². The standard InChI is InChI=1S/C18H21BClFN2O4S/c1-11-15(23-28(24,25)16-7-6-13(20)9-14(16)21)8-12(10-22-11)19-26-17(2,3)18(4,5)27-19/h6-10,23H,1-5H3. The van der Waals surface area contributed by atoms with Crippen LogP contribution < -0.4 is 10.2 Å². The van der Waals surface area contributed by atoms with Crippen molar-refractivity contribution in [2.45, 2.75) is 50.7 Å². The SMILES string of the molecule is Cc1ncc(B2OC(C)(C)C(C)(C)O2)cc1NS(=O)(=O)c1ccc(Cl)cc1F. The Hall–Kier alpha value is -1.68. The maximum Gasteiger partial charge on any atom is 0.496 e. The lowest BCUT2D eigenvalue weighted by molar-refractivity contribution is 0.00578. The van der Waals surface area contributed by atoms with Crippen LogP contribution >= 0.6 is 11.6 Å². The van der Waals surface area contributed by atoms with Gasteiger partial charge in [-0.2, -0.15) is 0 Å². The predicted molar refractivity (Wildman–Crippen MR) is 107 cm³/mol. The van der Waals surface area contributed by atoms with E-state index < -0.39 is 39.1 Å². The lowest BCUT2D eigenvalue weighted by Gasteiger charge is -2.32. The molecule has 0 atom stereocenters. The van der Waals surface area contributed by atoms with E-state index in [0.29, 0.717) is 11.2 Å². The van der Waals surface area contributed by atoms with E-state index in [1.54, 1.807) is 19.2 Å². The molecule has 150 valence electrons.